The minimum Gasteiger partial charge on any atom is -0.376 e. The quantitative estimate of drug-likeness (QED) is 0.687. The SMILES string of the molecule is Cc1cc(C#N)cc(Cl)c1N(C)C. The van der Waals surface area contributed by atoms with E-state index in [0.717, 1.165) is 11.3 Å². The Morgan fingerprint density at radius 3 is 2.38 bits per heavy atom. The van der Waals surface area contributed by atoms with Gasteiger partial charge in [-0.1, -0.05) is 11.6 Å². The summed E-state index contributed by atoms with van der Waals surface area (Å²) in [6.45, 7) is 1.95. The number of halogens is 1. The molecule has 2 nitrogen and oxygen atoms in total. The highest BCUT2D eigenvalue weighted by Gasteiger charge is 2.07. The lowest BCUT2D eigenvalue weighted by Crippen LogP contribution is -2.11. The van der Waals surface area contributed by atoms with Gasteiger partial charge in [0.1, 0.15) is 0 Å². The monoisotopic (exact) mass is 194 g/mol. The zero-order valence-electron chi connectivity index (χ0n) is 7.93. The van der Waals surface area contributed by atoms with Gasteiger partial charge in [0.2, 0.25) is 0 Å². The van der Waals surface area contributed by atoms with Crippen molar-refractivity contribution in [1.82, 2.24) is 0 Å². The summed E-state index contributed by atoms with van der Waals surface area (Å²) in [6.07, 6.45) is 0. The Balaban J connectivity index is 3.33. The van der Waals surface area contributed by atoms with E-state index >= 15 is 0 Å². The second-order valence-electron chi connectivity index (χ2n) is 3.13. The van der Waals surface area contributed by atoms with Gasteiger partial charge in [0.05, 0.1) is 22.3 Å². The molecule has 0 aliphatic heterocycles. The number of nitrogens with zero attached hydrogens (tertiary/aromatic N) is 2. The molecule has 0 atom stereocenters. The van der Waals surface area contributed by atoms with Gasteiger partial charge in [-0.25, -0.2) is 0 Å². The van der Waals surface area contributed by atoms with Crippen LogP contribution in [0.15, 0.2) is 12.1 Å². The molecule has 0 N–H and O–H groups in total. The Bertz CT molecular complexity index is 341. The van der Waals surface area contributed by atoms with Crippen molar-refractivity contribution in [1.29, 1.82) is 5.26 Å². The molecule has 0 saturated carbocycles. The fourth-order valence-corrected chi connectivity index (χ4v) is 1.80. The van der Waals surface area contributed by atoms with E-state index in [9.17, 15) is 0 Å². The highest BCUT2D eigenvalue weighted by molar-refractivity contribution is 6.33. The smallest absolute Gasteiger partial charge is 0.0992 e. The molecule has 68 valence electrons. The van der Waals surface area contributed by atoms with Crippen LogP contribution in [-0.2, 0) is 0 Å². The van der Waals surface area contributed by atoms with Gasteiger partial charge in [-0.15, -0.1) is 0 Å². The molecule has 0 unspecified atom stereocenters. The van der Waals surface area contributed by atoms with Crippen molar-refractivity contribution in [3.05, 3.63) is 28.3 Å². The zero-order valence-corrected chi connectivity index (χ0v) is 8.68. The summed E-state index contributed by atoms with van der Waals surface area (Å²) >= 11 is 6.02. The maximum atomic E-state index is 8.69. The van der Waals surface area contributed by atoms with Gasteiger partial charge in [0.15, 0.2) is 0 Å². The Morgan fingerprint density at radius 2 is 2.00 bits per heavy atom. The average Bonchev–Trinajstić information content (AvgIpc) is 2.02. The predicted molar refractivity (Wildman–Crippen MR) is 55.2 cm³/mol. The van der Waals surface area contributed by atoms with Crippen molar-refractivity contribution < 1.29 is 0 Å². The second-order valence-corrected chi connectivity index (χ2v) is 3.54. The molecule has 0 heterocycles. The first-order valence-electron chi connectivity index (χ1n) is 3.94. The van der Waals surface area contributed by atoms with Gasteiger partial charge in [-0.05, 0) is 24.6 Å². The maximum Gasteiger partial charge on any atom is 0.0992 e. The summed E-state index contributed by atoms with van der Waals surface area (Å²) in [6, 6.07) is 5.59. The molecule has 0 aromatic heterocycles. The number of nitriles is 1. The lowest BCUT2D eigenvalue weighted by Gasteiger charge is -2.17. The fraction of sp³-hybridized carbons (Fsp3) is 0.300. The third-order valence-electron chi connectivity index (χ3n) is 1.83. The van der Waals surface area contributed by atoms with Crippen LogP contribution >= 0.6 is 11.6 Å². The van der Waals surface area contributed by atoms with Crippen LogP contribution in [0.1, 0.15) is 11.1 Å². The van der Waals surface area contributed by atoms with E-state index in [-0.39, 0.29) is 0 Å². The van der Waals surface area contributed by atoms with E-state index < -0.39 is 0 Å². The van der Waals surface area contributed by atoms with Crippen molar-refractivity contribution >= 4 is 17.3 Å². The van der Waals surface area contributed by atoms with Crippen molar-refractivity contribution in [2.24, 2.45) is 0 Å². The summed E-state index contributed by atoms with van der Waals surface area (Å²) in [5.74, 6) is 0. The van der Waals surface area contributed by atoms with E-state index in [4.69, 9.17) is 16.9 Å². The molecule has 0 amide bonds. The van der Waals surface area contributed by atoms with Crippen LogP contribution in [0.4, 0.5) is 5.69 Å². The summed E-state index contributed by atoms with van der Waals surface area (Å²) in [4.78, 5) is 1.94. The number of anilines is 1. The predicted octanol–water partition coefficient (Wildman–Crippen LogP) is 2.59. The van der Waals surface area contributed by atoms with Crippen LogP contribution in [0.2, 0.25) is 5.02 Å². The maximum absolute atomic E-state index is 8.69. The molecule has 0 fully saturated rings. The molecular formula is C10H11ClN2. The number of rotatable bonds is 1. The summed E-state index contributed by atoms with van der Waals surface area (Å²) in [5.41, 5.74) is 2.60. The Labute approximate surface area is 83.3 Å². The number of hydrogen-bond acceptors (Lipinski definition) is 2. The molecule has 1 aromatic rings. The van der Waals surface area contributed by atoms with Crippen molar-refractivity contribution in [3.63, 3.8) is 0 Å². The van der Waals surface area contributed by atoms with Gasteiger partial charge < -0.3 is 4.90 Å². The Hall–Kier alpha value is -1.20. The molecule has 1 aromatic carbocycles. The third kappa shape index (κ3) is 1.93. The van der Waals surface area contributed by atoms with Gasteiger partial charge >= 0.3 is 0 Å². The first-order chi connectivity index (χ1) is 6.06. The van der Waals surface area contributed by atoms with Crippen LogP contribution in [0.5, 0.6) is 0 Å². The lowest BCUT2D eigenvalue weighted by molar-refractivity contribution is 1.11. The Kier molecular flexibility index (Phi) is 2.79. The first kappa shape index (κ1) is 9.88. The number of aryl methyl sites for hydroxylation is 1. The fourth-order valence-electron chi connectivity index (χ4n) is 1.37. The molecule has 1 rings (SSSR count). The van der Waals surface area contributed by atoms with Gasteiger partial charge in [-0.2, -0.15) is 5.26 Å². The zero-order chi connectivity index (χ0) is 10.0. The van der Waals surface area contributed by atoms with Crippen molar-refractivity contribution in [2.75, 3.05) is 19.0 Å². The summed E-state index contributed by atoms with van der Waals surface area (Å²) in [7, 11) is 3.86. The van der Waals surface area contributed by atoms with Crippen LogP contribution in [0, 0.1) is 18.3 Å². The van der Waals surface area contributed by atoms with Gasteiger partial charge in [0.25, 0.3) is 0 Å². The topological polar surface area (TPSA) is 27.0 Å². The standard InChI is InChI=1S/C10H11ClN2/c1-7-4-8(6-12)5-9(11)10(7)13(2)3/h4-5H,1-3H3. The molecule has 13 heavy (non-hydrogen) atoms. The molecule has 0 bridgehead atoms. The third-order valence-corrected chi connectivity index (χ3v) is 2.12. The second kappa shape index (κ2) is 3.68. The average molecular weight is 195 g/mol. The van der Waals surface area contributed by atoms with Crippen LogP contribution in [0.3, 0.4) is 0 Å². The molecule has 0 radical (unpaired) electrons. The summed E-state index contributed by atoms with van der Waals surface area (Å²) in [5, 5.41) is 9.32. The van der Waals surface area contributed by atoms with Crippen LogP contribution < -0.4 is 4.90 Å². The van der Waals surface area contributed by atoms with E-state index in [0.29, 0.717) is 10.6 Å². The minimum atomic E-state index is 0.605. The van der Waals surface area contributed by atoms with Gasteiger partial charge in [0, 0.05) is 14.1 Å². The molecule has 0 saturated heterocycles. The Morgan fingerprint density at radius 1 is 1.38 bits per heavy atom. The highest BCUT2D eigenvalue weighted by Crippen LogP contribution is 2.29. The molecular weight excluding hydrogens is 184 g/mol. The highest BCUT2D eigenvalue weighted by atomic mass is 35.5. The van der Waals surface area contributed by atoms with Crippen molar-refractivity contribution in [3.8, 4) is 6.07 Å². The van der Waals surface area contributed by atoms with Crippen molar-refractivity contribution in [2.45, 2.75) is 6.92 Å². The normalized spacial score (nSPS) is 9.46. The van der Waals surface area contributed by atoms with Gasteiger partial charge in [-0.3, -0.25) is 0 Å². The van der Waals surface area contributed by atoms with E-state index in [1.807, 2.05) is 32.0 Å². The minimum absolute atomic E-state index is 0.605. The van der Waals surface area contributed by atoms with Crippen LogP contribution in [0.25, 0.3) is 0 Å². The molecule has 3 heteroatoms. The number of hydrogen-bond donors (Lipinski definition) is 0. The lowest BCUT2D eigenvalue weighted by atomic mass is 10.1. The van der Waals surface area contributed by atoms with E-state index in [1.54, 1.807) is 6.07 Å². The molecule has 0 spiro atoms. The van der Waals surface area contributed by atoms with Crippen LogP contribution in [-0.4, -0.2) is 14.1 Å². The molecule has 0 aliphatic carbocycles. The van der Waals surface area contributed by atoms with E-state index in [1.165, 1.54) is 0 Å². The number of benzene rings is 1. The summed E-state index contributed by atoms with van der Waals surface area (Å²) < 4.78 is 0. The first-order valence-corrected chi connectivity index (χ1v) is 4.31. The molecule has 0 aliphatic rings. The largest absolute Gasteiger partial charge is 0.376 e. The van der Waals surface area contributed by atoms with E-state index in [2.05, 4.69) is 6.07 Å².